The van der Waals surface area contributed by atoms with Crippen molar-refractivity contribution in [3.05, 3.63) is 115 Å². The van der Waals surface area contributed by atoms with Crippen LogP contribution in [0.2, 0.25) is 0 Å². The molecule has 140 valence electrons. The molecule has 0 aliphatic rings. The van der Waals surface area contributed by atoms with E-state index in [4.69, 9.17) is 6.57 Å². The molecule has 30 heavy (non-hydrogen) atoms. The molecular weight excluding hydrogens is 366 g/mol. The number of aromatic nitrogens is 2. The Balaban J connectivity index is 1.86. The summed E-state index contributed by atoms with van der Waals surface area (Å²) in [6.07, 6.45) is 0. The quantitative estimate of drug-likeness (QED) is 0.279. The summed E-state index contributed by atoms with van der Waals surface area (Å²) in [5, 5.41) is 3.72. The second kappa shape index (κ2) is 6.37. The number of fused-ring (bicyclic) bond motifs is 5. The molecule has 0 amide bonds. The Kier molecular flexibility index (Phi) is 3.53. The first-order valence-electron chi connectivity index (χ1n) is 9.93. The van der Waals surface area contributed by atoms with Crippen LogP contribution >= 0.6 is 0 Å². The summed E-state index contributed by atoms with van der Waals surface area (Å²) in [5.74, 6) is 0. The molecule has 0 N–H and O–H groups in total. The summed E-state index contributed by atoms with van der Waals surface area (Å²) in [7, 11) is 0. The normalized spacial score (nSPS) is 11.3. The molecule has 4 aromatic carbocycles. The van der Waals surface area contributed by atoms with Crippen molar-refractivity contribution in [2.45, 2.75) is 0 Å². The fraction of sp³-hybridized carbons (Fsp3) is 0. The third-order valence-corrected chi connectivity index (χ3v) is 5.73. The summed E-state index contributed by atoms with van der Waals surface area (Å²) < 4.78 is 4.65. The molecule has 0 fully saturated rings. The second-order valence-electron chi connectivity index (χ2n) is 7.37. The second-order valence-corrected chi connectivity index (χ2v) is 7.37. The maximum absolute atomic E-state index is 7.28. The highest BCUT2D eigenvalue weighted by Gasteiger charge is 2.21. The first-order valence-corrected chi connectivity index (χ1v) is 9.93. The Hall–Kier alpha value is -4.29. The molecule has 3 heteroatoms. The molecule has 0 spiro atoms. The molecule has 6 aromatic rings. The van der Waals surface area contributed by atoms with E-state index < -0.39 is 0 Å². The van der Waals surface area contributed by atoms with Crippen molar-refractivity contribution in [2.75, 3.05) is 0 Å². The van der Waals surface area contributed by atoms with Crippen LogP contribution < -0.4 is 0 Å². The van der Waals surface area contributed by atoms with Gasteiger partial charge in [0, 0.05) is 27.5 Å². The molecule has 3 nitrogen and oxygen atoms in total. The van der Waals surface area contributed by atoms with Crippen LogP contribution in [0.25, 0.3) is 49.1 Å². The molecular formula is C27H17N3. The highest BCUT2D eigenvalue weighted by Crippen LogP contribution is 2.40. The van der Waals surface area contributed by atoms with E-state index >= 15 is 0 Å². The predicted octanol–water partition coefficient (Wildman–Crippen LogP) is 7.28. The fourth-order valence-electron chi connectivity index (χ4n) is 4.47. The van der Waals surface area contributed by atoms with Gasteiger partial charge in [-0.25, -0.2) is 4.85 Å². The maximum Gasteiger partial charge on any atom is 0.187 e. The number of nitrogens with zero attached hydrogens (tertiary/aromatic N) is 3. The average Bonchev–Trinajstić information content (AvgIpc) is 3.32. The molecule has 0 bridgehead atoms. The summed E-state index contributed by atoms with van der Waals surface area (Å²) in [4.78, 5) is 3.55. The molecule has 0 aliphatic heterocycles. The van der Waals surface area contributed by atoms with Gasteiger partial charge in [0.05, 0.1) is 17.6 Å². The van der Waals surface area contributed by atoms with Gasteiger partial charge in [0.25, 0.3) is 0 Å². The van der Waals surface area contributed by atoms with Gasteiger partial charge in [-0.3, -0.25) is 9.13 Å². The SMILES string of the molecule is [C-]#[N+]c1ccc(-n2c3ccccc3c3c4ccccc4n(-c4ccccc4)c32)cc1. The van der Waals surface area contributed by atoms with Crippen molar-refractivity contribution in [1.29, 1.82) is 0 Å². The smallest absolute Gasteiger partial charge is 0.187 e. The third-order valence-electron chi connectivity index (χ3n) is 5.73. The van der Waals surface area contributed by atoms with Crippen LogP contribution in [0.4, 0.5) is 5.69 Å². The topological polar surface area (TPSA) is 14.2 Å². The lowest BCUT2D eigenvalue weighted by atomic mass is 10.1. The zero-order valence-electron chi connectivity index (χ0n) is 16.2. The lowest BCUT2D eigenvalue weighted by molar-refractivity contribution is 1.07. The first-order chi connectivity index (χ1) is 14.9. The summed E-state index contributed by atoms with van der Waals surface area (Å²) in [6.45, 7) is 7.28. The predicted molar refractivity (Wildman–Crippen MR) is 124 cm³/mol. The zero-order chi connectivity index (χ0) is 20.1. The van der Waals surface area contributed by atoms with Crippen LogP contribution in [0.5, 0.6) is 0 Å². The van der Waals surface area contributed by atoms with E-state index in [2.05, 4.69) is 86.8 Å². The molecule has 0 unspecified atom stereocenters. The van der Waals surface area contributed by atoms with Crippen molar-refractivity contribution >= 4 is 38.5 Å². The molecule has 0 radical (unpaired) electrons. The first kappa shape index (κ1) is 16.6. The Morgan fingerprint density at radius 1 is 0.533 bits per heavy atom. The third kappa shape index (κ3) is 2.25. The van der Waals surface area contributed by atoms with Gasteiger partial charge in [-0.05, 0) is 36.4 Å². The molecule has 0 saturated carbocycles. The van der Waals surface area contributed by atoms with Crippen LogP contribution in [0.15, 0.2) is 103 Å². The van der Waals surface area contributed by atoms with Gasteiger partial charge in [0.1, 0.15) is 5.65 Å². The van der Waals surface area contributed by atoms with E-state index in [1.165, 1.54) is 21.7 Å². The Labute approximate surface area is 173 Å². The number of benzene rings is 4. The van der Waals surface area contributed by atoms with Crippen LogP contribution in [0.3, 0.4) is 0 Å². The van der Waals surface area contributed by atoms with E-state index in [0.717, 1.165) is 22.5 Å². The number of rotatable bonds is 2. The van der Waals surface area contributed by atoms with Crippen molar-refractivity contribution in [3.63, 3.8) is 0 Å². The highest BCUT2D eigenvalue weighted by atomic mass is 15.1. The van der Waals surface area contributed by atoms with E-state index in [1.807, 2.05) is 30.3 Å². The van der Waals surface area contributed by atoms with E-state index in [1.54, 1.807) is 0 Å². The van der Waals surface area contributed by atoms with E-state index in [-0.39, 0.29) is 0 Å². The molecule has 6 rings (SSSR count). The number of hydrogen-bond donors (Lipinski definition) is 0. The monoisotopic (exact) mass is 383 g/mol. The molecule has 2 heterocycles. The zero-order valence-corrected chi connectivity index (χ0v) is 16.2. The largest absolute Gasteiger partial charge is 0.295 e. The minimum Gasteiger partial charge on any atom is -0.295 e. The maximum atomic E-state index is 7.28. The van der Waals surface area contributed by atoms with E-state index in [9.17, 15) is 0 Å². The Bertz CT molecular complexity index is 1580. The van der Waals surface area contributed by atoms with Gasteiger partial charge in [-0.15, -0.1) is 0 Å². The number of para-hydroxylation sites is 3. The van der Waals surface area contributed by atoms with Crippen molar-refractivity contribution in [3.8, 4) is 11.4 Å². The van der Waals surface area contributed by atoms with Gasteiger partial charge < -0.3 is 0 Å². The molecule has 0 atom stereocenters. The van der Waals surface area contributed by atoms with Crippen molar-refractivity contribution in [1.82, 2.24) is 9.13 Å². The summed E-state index contributed by atoms with van der Waals surface area (Å²) in [6, 6.07) is 35.5. The van der Waals surface area contributed by atoms with Gasteiger partial charge in [0.2, 0.25) is 0 Å². The lowest BCUT2D eigenvalue weighted by Crippen LogP contribution is -2.01. The minimum absolute atomic E-state index is 0.648. The Morgan fingerprint density at radius 2 is 1.03 bits per heavy atom. The number of hydrogen-bond acceptors (Lipinski definition) is 0. The standard InChI is InChI=1S/C27H17N3/c1-28-19-15-17-21(18-16-19)30-25-14-8-6-12-23(25)26-22-11-5-7-13-24(22)29(27(26)30)20-9-3-2-4-10-20/h2-18H. The van der Waals surface area contributed by atoms with Crippen LogP contribution in [0, 0.1) is 6.57 Å². The van der Waals surface area contributed by atoms with Gasteiger partial charge in [-0.1, -0.05) is 66.7 Å². The van der Waals surface area contributed by atoms with Crippen molar-refractivity contribution < 1.29 is 0 Å². The van der Waals surface area contributed by atoms with Gasteiger partial charge in [-0.2, -0.15) is 0 Å². The summed E-state index contributed by atoms with van der Waals surface area (Å²) in [5.41, 5.74) is 6.31. The molecule has 0 saturated heterocycles. The summed E-state index contributed by atoms with van der Waals surface area (Å²) >= 11 is 0. The lowest BCUT2D eigenvalue weighted by Gasteiger charge is -2.13. The van der Waals surface area contributed by atoms with E-state index in [0.29, 0.717) is 5.69 Å². The van der Waals surface area contributed by atoms with Crippen LogP contribution in [-0.2, 0) is 0 Å². The molecule has 0 aliphatic carbocycles. The van der Waals surface area contributed by atoms with Crippen LogP contribution in [0.1, 0.15) is 0 Å². The molecule has 2 aromatic heterocycles. The van der Waals surface area contributed by atoms with Crippen LogP contribution in [-0.4, -0.2) is 9.13 Å². The van der Waals surface area contributed by atoms with Crippen molar-refractivity contribution in [2.24, 2.45) is 0 Å². The van der Waals surface area contributed by atoms with Gasteiger partial charge in [0.15, 0.2) is 5.69 Å². The highest BCUT2D eigenvalue weighted by molar-refractivity contribution is 6.22. The fourth-order valence-corrected chi connectivity index (χ4v) is 4.47. The van der Waals surface area contributed by atoms with Gasteiger partial charge >= 0.3 is 0 Å². The minimum atomic E-state index is 0.648. The average molecular weight is 383 g/mol. The Morgan fingerprint density at radius 3 is 1.60 bits per heavy atom.